The van der Waals surface area contributed by atoms with E-state index in [1.165, 1.54) is 0 Å². The molecular formula is C26H26BrNO4. The van der Waals surface area contributed by atoms with Gasteiger partial charge in [-0.2, -0.15) is 0 Å². The predicted octanol–water partition coefficient (Wildman–Crippen LogP) is 5.00. The molecule has 0 spiro atoms. The van der Waals surface area contributed by atoms with E-state index in [0.717, 1.165) is 47.0 Å². The number of amides is 1. The van der Waals surface area contributed by atoms with Crippen LogP contribution in [0, 0.1) is 5.92 Å². The Morgan fingerprint density at radius 2 is 1.88 bits per heavy atom. The first kappa shape index (κ1) is 21.3. The van der Waals surface area contributed by atoms with Gasteiger partial charge in [-0.3, -0.25) is 9.59 Å². The minimum absolute atomic E-state index is 0.0984. The van der Waals surface area contributed by atoms with Crippen molar-refractivity contribution in [3.8, 4) is 5.75 Å². The number of ether oxygens (including phenoxy) is 2. The third-order valence-corrected chi connectivity index (χ3v) is 7.32. The molecule has 1 amide bonds. The van der Waals surface area contributed by atoms with Crippen LogP contribution in [0.4, 0.5) is 0 Å². The number of hydrogen-bond acceptors (Lipinski definition) is 4. The summed E-state index contributed by atoms with van der Waals surface area (Å²) in [5.41, 5.74) is 2.59. The van der Waals surface area contributed by atoms with Crippen molar-refractivity contribution in [2.45, 2.75) is 44.2 Å². The van der Waals surface area contributed by atoms with Crippen LogP contribution in [0.25, 0.3) is 0 Å². The van der Waals surface area contributed by atoms with Crippen molar-refractivity contribution in [1.29, 1.82) is 0 Å². The minimum Gasteiger partial charge on any atom is -0.497 e. The third kappa shape index (κ3) is 3.75. The molecule has 32 heavy (non-hydrogen) atoms. The molecule has 6 heteroatoms. The van der Waals surface area contributed by atoms with E-state index >= 15 is 0 Å². The van der Waals surface area contributed by atoms with Gasteiger partial charge in [-0.1, -0.05) is 46.6 Å². The van der Waals surface area contributed by atoms with Crippen LogP contribution in [0.1, 0.15) is 42.9 Å². The van der Waals surface area contributed by atoms with Crippen molar-refractivity contribution < 1.29 is 19.1 Å². The lowest BCUT2D eigenvalue weighted by Crippen LogP contribution is -2.39. The maximum absolute atomic E-state index is 13.6. The molecule has 5 rings (SSSR count). The fourth-order valence-electron chi connectivity index (χ4n) is 5.19. The lowest BCUT2D eigenvalue weighted by Gasteiger charge is -2.35. The van der Waals surface area contributed by atoms with Crippen molar-refractivity contribution in [1.82, 2.24) is 4.90 Å². The summed E-state index contributed by atoms with van der Waals surface area (Å²) in [7, 11) is 1.64. The Labute approximate surface area is 196 Å². The molecule has 1 saturated carbocycles. The fourth-order valence-corrected chi connectivity index (χ4v) is 5.61. The molecule has 3 aliphatic rings. The SMILES string of the molecule is COc1ccc(CCN2C(=O)C3=C(C(=O)C4CCCCC4O3)C2c2cccc(Br)c2)cc1. The van der Waals surface area contributed by atoms with Gasteiger partial charge in [0.2, 0.25) is 0 Å². The molecule has 0 N–H and O–H groups in total. The monoisotopic (exact) mass is 495 g/mol. The summed E-state index contributed by atoms with van der Waals surface area (Å²) in [6, 6.07) is 15.3. The zero-order chi connectivity index (χ0) is 22.2. The van der Waals surface area contributed by atoms with Gasteiger partial charge in [0.15, 0.2) is 11.5 Å². The number of Topliss-reactive ketones (excluding diaryl/α,β-unsaturated/α-hetero) is 1. The summed E-state index contributed by atoms with van der Waals surface area (Å²) in [6.07, 6.45) is 4.28. The molecule has 3 unspecified atom stereocenters. The predicted molar refractivity (Wildman–Crippen MR) is 124 cm³/mol. The molecule has 0 saturated heterocycles. The van der Waals surface area contributed by atoms with Gasteiger partial charge in [0, 0.05) is 11.0 Å². The highest BCUT2D eigenvalue weighted by atomic mass is 79.9. The number of benzene rings is 2. The van der Waals surface area contributed by atoms with Crippen LogP contribution in [0.15, 0.2) is 64.3 Å². The summed E-state index contributed by atoms with van der Waals surface area (Å²) in [4.78, 5) is 28.9. The molecular weight excluding hydrogens is 470 g/mol. The van der Waals surface area contributed by atoms with Crippen LogP contribution in [0.3, 0.4) is 0 Å². The van der Waals surface area contributed by atoms with E-state index in [1.54, 1.807) is 7.11 Å². The lowest BCUT2D eigenvalue weighted by atomic mass is 9.77. The van der Waals surface area contributed by atoms with Crippen LogP contribution in [0.2, 0.25) is 0 Å². The molecule has 166 valence electrons. The van der Waals surface area contributed by atoms with Crippen LogP contribution in [0.5, 0.6) is 5.75 Å². The van der Waals surface area contributed by atoms with Gasteiger partial charge in [-0.05, 0) is 61.1 Å². The first-order valence-electron chi connectivity index (χ1n) is 11.2. The van der Waals surface area contributed by atoms with Gasteiger partial charge in [-0.25, -0.2) is 0 Å². The van der Waals surface area contributed by atoms with Gasteiger partial charge in [0.05, 0.1) is 24.6 Å². The molecule has 2 aliphatic heterocycles. The van der Waals surface area contributed by atoms with Crippen LogP contribution in [-0.4, -0.2) is 36.3 Å². The highest BCUT2D eigenvalue weighted by molar-refractivity contribution is 9.10. The first-order chi connectivity index (χ1) is 15.6. The van der Waals surface area contributed by atoms with Crippen molar-refractivity contribution >= 4 is 27.6 Å². The Morgan fingerprint density at radius 1 is 1.09 bits per heavy atom. The third-order valence-electron chi connectivity index (χ3n) is 6.82. The van der Waals surface area contributed by atoms with Crippen molar-refractivity contribution in [3.63, 3.8) is 0 Å². The zero-order valence-corrected chi connectivity index (χ0v) is 19.6. The number of rotatable bonds is 5. The average Bonchev–Trinajstić information content (AvgIpc) is 3.10. The largest absolute Gasteiger partial charge is 0.497 e. The van der Waals surface area contributed by atoms with E-state index in [-0.39, 0.29) is 29.5 Å². The van der Waals surface area contributed by atoms with Crippen LogP contribution in [-0.2, 0) is 20.7 Å². The summed E-state index contributed by atoms with van der Waals surface area (Å²) in [5.74, 6) is 0.873. The molecule has 2 heterocycles. The maximum Gasteiger partial charge on any atom is 0.290 e. The number of halogens is 1. The molecule has 3 atom stereocenters. The van der Waals surface area contributed by atoms with Gasteiger partial charge in [0.1, 0.15) is 11.9 Å². The Balaban J connectivity index is 1.48. The Kier molecular flexibility index (Phi) is 5.80. The van der Waals surface area contributed by atoms with Crippen molar-refractivity contribution in [2.75, 3.05) is 13.7 Å². The number of fused-ring (bicyclic) bond motifs is 1. The summed E-state index contributed by atoms with van der Waals surface area (Å²) >= 11 is 3.54. The molecule has 0 radical (unpaired) electrons. The molecule has 2 aromatic carbocycles. The van der Waals surface area contributed by atoms with Gasteiger partial charge >= 0.3 is 0 Å². The van der Waals surface area contributed by atoms with E-state index < -0.39 is 6.04 Å². The number of ketones is 1. The Morgan fingerprint density at radius 3 is 2.62 bits per heavy atom. The molecule has 5 nitrogen and oxygen atoms in total. The fraction of sp³-hybridized carbons (Fsp3) is 0.385. The van der Waals surface area contributed by atoms with Crippen LogP contribution < -0.4 is 4.74 Å². The highest BCUT2D eigenvalue weighted by Gasteiger charge is 2.51. The molecule has 0 aromatic heterocycles. The van der Waals surface area contributed by atoms with E-state index in [9.17, 15) is 9.59 Å². The molecule has 1 aliphatic carbocycles. The number of methoxy groups -OCH3 is 1. The van der Waals surface area contributed by atoms with E-state index in [1.807, 2.05) is 53.4 Å². The smallest absolute Gasteiger partial charge is 0.290 e. The van der Waals surface area contributed by atoms with E-state index in [0.29, 0.717) is 18.5 Å². The number of carbonyl (C=O) groups is 2. The first-order valence-corrected chi connectivity index (χ1v) is 12.0. The Hall–Kier alpha value is -2.60. The lowest BCUT2D eigenvalue weighted by molar-refractivity contribution is -0.135. The summed E-state index contributed by atoms with van der Waals surface area (Å²) in [5, 5.41) is 0. The summed E-state index contributed by atoms with van der Waals surface area (Å²) < 4.78 is 12.4. The van der Waals surface area contributed by atoms with Crippen molar-refractivity contribution in [3.05, 3.63) is 75.5 Å². The number of hydrogen-bond donors (Lipinski definition) is 0. The second kappa shape index (κ2) is 8.74. The molecule has 1 fully saturated rings. The molecule has 0 bridgehead atoms. The van der Waals surface area contributed by atoms with Crippen LogP contribution >= 0.6 is 15.9 Å². The normalized spacial score (nSPS) is 24.8. The second-order valence-electron chi connectivity index (χ2n) is 8.71. The molecule has 2 aromatic rings. The quantitative estimate of drug-likeness (QED) is 0.585. The number of nitrogens with zero attached hydrogens (tertiary/aromatic N) is 1. The van der Waals surface area contributed by atoms with Gasteiger partial charge in [0.25, 0.3) is 5.91 Å². The zero-order valence-electron chi connectivity index (χ0n) is 18.1. The number of carbonyl (C=O) groups excluding carboxylic acids is 2. The van der Waals surface area contributed by atoms with E-state index in [2.05, 4.69) is 15.9 Å². The van der Waals surface area contributed by atoms with Crippen molar-refractivity contribution in [2.24, 2.45) is 5.92 Å². The maximum atomic E-state index is 13.6. The average molecular weight is 496 g/mol. The minimum atomic E-state index is -0.413. The summed E-state index contributed by atoms with van der Waals surface area (Å²) in [6.45, 7) is 0.501. The topological polar surface area (TPSA) is 55.8 Å². The standard InChI is InChI=1S/C26H26BrNO4/c1-31-19-11-9-16(10-12-19)13-14-28-23(17-5-4-6-18(27)15-17)22-24(29)20-7-2-3-8-21(20)32-25(22)26(28)30/h4-6,9-12,15,20-21,23H,2-3,7-8,13-14H2,1H3. The Bertz CT molecular complexity index is 1080. The second-order valence-corrected chi connectivity index (χ2v) is 9.62. The van der Waals surface area contributed by atoms with Gasteiger partial charge < -0.3 is 14.4 Å². The van der Waals surface area contributed by atoms with E-state index in [4.69, 9.17) is 9.47 Å². The van der Waals surface area contributed by atoms with Gasteiger partial charge in [-0.15, -0.1) is 0 Å². The highest BCUT2D eigenvalue weighted by Crippen LogP contribution is 2.47.